The van der Waals surface area contributed by atoms with E-state index in [-0.39, 0.29) is 0 Å². The molecule has 1 saturated heterocycles. The van der Waals surface area contributed by atoms with Gasteiger partial charge in [0.05, 0.1) is 0 Å². The molecule has 0 saturated carbocycles. The highest BCUT2D eigenvalue weighted by Gasteiger charge is 2.14. The van der Waals surface area contributed by atoms with Crippen molar-refractivity contribution in [3.8, 4) is 5.75 Å². The van der Waals surface area contributed by atoms with Crippen LogP contribution in [0.3, 0.4) is 0 Å². The molecular weight excluding hydrogens is 308 g/mol. The highest BCUT2D eigenvalue weighted by Crippen LogP contribution is 2.29. The Bertz CT molecular complexity index is 606. The Hall–Kier alpha value is -1.84. The van der Waals surface area contributed by atoms with Gasteiger partial charge in [-0.05, 0) is 69.2 Å². The molecule has 1 aliphatic heterocycles. The standard InChI is InChI=1S/C22H30N2O/c1-23-14-13-22(19-7-3-2-4-8-19)20-9-11-21(12-10-20)25-18-17-24-15-5-6-16-24/h2-4,7-12,22-23H,5-6,13-18H2,1H3. The minimum Gasteiger partial charge on any atom is -0.492 e. The molecule has 1 aliphatic rings. The van der Waals surface area contributed by atoms with E-state index in [9.17, 15) is 0 Å². The molecule has 0 amide bonds. The first kappa shape index (κ1) is 18.0. The fourth-order valence-electron chi connectivity index (χ4n) is 3.59. The molecule has 2 aromatic carbocycles. The number of nitrogens with one attached hydrogen (secondary N) is 1. The summed E-state index contributed by atoms with van der Waals surface area (Å²) in [6.07, 6.45) is 3.76. The van der Waals surface area contributed by atoms with Crippen LogP contribution >= 0.6 is 0 Å². The van der Waals surface area contributed by atoms with Gasteiger partial charge in [-0.15, -0.1) is 0 Å². The van der Waals surface area contributed by atoms with E-state index in [0.717, 1.165) is 31.9 Å². The molecule has 1 unspecified atom stereocenters. The summed E-state index contributed by atoms with van der Waals surface area (Å²) in [6, 6.07) is 19.5. The largest absolute Gasteiger partial charge is 0.492 e. The van der Waals surface area contributed by atoms with Gasteiger partial charge in [-0.1, -0.05) is 42.5 Å². The van der Waals surface area contributed by atoms with Crippen molar-refractivity contribution < 1.29 is 4.74 Å². The van der Waals surface area contributed by atoms with E-state index < -0.39 is 0 Å². The average molecular weight is 338 g/mol. The first-order chi connectivity index (χ1) is 12.4. The van der Waals surface area contributed by atoms with Crippen molar-refractivity contribution in [3.63, 3.8) is 0 Å². The Morgan fingerprint density at radius 3 is 2.32 bits per heavy atom. The molecule has 25 heavy (non-hydrogen) atoms. The van der Waals surface area contributed by atoms with Gasteiger partial charge in [0.25, 0.3) is 0 Å². The van der Waals surface area contributed by atoms with Crippen LogP contribution in [0.15, 0.2) is 54.6 Å². The van der Waals surface area contributed by atoms with Gasteiger partial charge in [-0.2, -0.15) is 0 Å². The van der Waals surface area contributed by atoms with Crippen molar-refractivity contribution in [2.75, 3.05) is 39.8 Å². The molecular formula is C22H30N2O. The Morgan fingerprint density at radius 1 is 0.960 bits per heavy atom. The molecule has 3 heteroatoms. The lowest BCUT2D eigenvalue weighted by atomic mass is 9.88. The molecule has 0 spiro atoms. The second-order valence-electron chi connectivity index (χ2n) is 6.82. The highest BCUT2D eigenvalue weighted by molar-refractivity contribution is 5.36. The summed E-state index contributed by atoms with van der Waals surface area (Å²) in [5.41, 5.74) is 2.73. The van der Waals surface area contributed by atoms with Gasteiger partial charge in [0, 0.05) is 12.5 Å². The third-order valence-electron chi connectivity index (χ3n) is 5.04. The van der Waals surface area contributed by atoms with Crippen LogP contribution in [0.25, 0.3) is 0 Å². The smallest absolute Gasteiger partial charge is 0.119 e. The van der Waals surface area contributed by atoms with Gasteiger partial charge in [0.15, 0.2) is 0 Å². The Labute approximate surface area is 152 Å². The second-order valence-corrected chi connectivity index (χ2v) is 6.82. The average Bonchev–Trinajstić information content (AvgIpc) is 3.18. The molecule has 1 fully saturated rings. The van der Waals surface area contributed by atoms with E-state index in [1.807, 2.05) is 7.05 Å². The summed E-state index contributed by atoms with van der Waals surface area (Å²) < 4.78 is 5.94. The predicted molar refractivity (Wildman–Crippen MR) is 104 cm³/mol. The van der Waals surface area contributed by atoms with Crippen molar-refractivity contribution in [3.05, 3.63) is 65.7 Å². The fraction of sp³-hybridized carbons (Fsp3) is 0.455. The van der Waals surface area contributed by atoms with Crippen molar-refractivity contribution >= 4 is 0 Å². The van der Waals surface area contributed by atoms with Crippen LogP contribution in [0.5, 0.6) is 5.75 Å². The summed E-state index contributed by atoms with van der Waals surface area (Å²) in [7, 11) is 2.01. The van der Waals surface area contributed by atoms with Crippen LogP contribution in [0, 0.1) is 0 Å². The zero-order valence-electron chi connectivity index (χ0n) is 15.3. The van der Waals surface area contributed by atoms with Crippen LogP contribution in [0.4, 0.5) is 0 Å². The Morgan fingerprint density at radius 2 is 1.64 bits per heavy atom. The van der Waals surface area contributed by atoms with Gasteiger partial charge in [0.1, 0.15) is 12.4 Å². The van der Waals surface area contributed by atoms with Crippen LogP contribution < -0.4 is 10.1 Å². The SMILES string of the molecule is CNCCC(c1ccccc1)c1ccc(OCCN2CCCC2)cc1. The number of nitrogens with zero attached hydrogens (tertiary/aromatic N) is 1. The lowest BCUT2D eigenvalue weighted by molar-refractivity contribution is 0.237. The Kier molecular flexibility index (Phi) is 6.89. The summed E-state index contributed by atoms with van der Waals surface area (Å²) in [5.74, 6) is 1.40. The van der Waals surface area contributed by atoms with Crippen LogP contribution in [0.2, 0.25) is 0 Å². The molecule has 1 heterocycles. The molecule has 3 rings (SSSR count). The quantitative estimate of drug-likeness (QED) is 0.750. The van der Waals surface area contributed by atoms with Crippen molar-refractivity contribution in [2.45, 2.75) is 25.2 Å². The zero-order chi connectivity index (χ0) is 17.3. The van der Waals surface area contributed by atoms with E-state index >= 15 is 0 Å². The van der Waals surface area contributed by atoms with Gasteiger partial charge >= 0.3 is 0 Å². The van der Waals surface area contributed by atoms with E-state index in [2.05, 4.69) is 64.8 Å². The number of likely N-dealkylation sites (tertiary alicyclic amines) is 1. The van der Waals surface area contributed by atoms with E-state index in [1.165, 1.54) is 37.1 Å². The summed E-state index contributed by atoms with van der Waals surface area (Å²) in [6.45, 7) is 5.28. The number of ether oxygens (including phenoxy) is 1. The summed E-state index contributed by atoms with van der Waals surface area (Å²) >= 11 is 0. The van der Waals surface area contributed by atoms with E-state index in [0.29, 0.717) is 5.92 Å². The molecule has 3 nitrogen and oxygen atoms in total. The molecule has 0 aliphatic carbocycles. The van der Waals surface area contributed by atoms with Crippen molar-refractivity contribution in [2.24, 2.45) is 0 Å². The van der Waals surface area contributed by atoms with Gasteiger partial charge in [-0.3, -0.25) is 4.90 Å². The van der Waals surface area contributed by atoms with E-state index in [4.69, 9.17) is 4.74 Å². The first-order valence-corrected chi connectivity index (χ1v) is 9.51. The van der Waals surface area contributed by atoms with Crippen LogP contribution in [0.1, 0.15) is 36.3 Å². The third-order valence-corrected chi connectivity index (χ3v) is 5.04. The molecule has 2 aromatic rings. The maximum absolute atomic E-state index is 5.94. The first-order valence-electron chi connectivity index (χ1n) is 9.51. The third kappa shape index (κ3) is 5.32. The van der Waals surface area contributed by atoms with Crippen molar-refractivity contribution in [1.82, 2.24) is 10.2 Å². The van der Waals surface area contributed by atoms with Gasteiger partial charge < -0.3 is 10.1 Å². The lowest BCUT2D eigenvalue weighted by Crippen LogP contribution is -2.25. The van der Waals surface area contributed by atoms with Gasteiger partial charge in [0.2, 0.25) is 0 Å². The zero-order valence-corrected chi connectivity index (χ0v) is 15.3. The molecule has 1 atom stereocenters. The topological polar surface area (TPSA) is 24.5 Å². The predicted octanol–water partition coefficient (Wildman–Crippen LogP) is 3.90. The number of rotatable bonds is 9. The fourth-order valence-corrected chi connectivity index (χ4v) is 3.59. The maximum atomic E-state index is 5.94. The lowest BCUT2D eigenvalue weighted by Gasteiger charge is -2.19. The number of benzene rings is 2. The van der Waals surface area contributed by atoms with E-state index in [1.54, 1.807) is 0 Å². The normalized spacial score (nSPS) is 16.0. The minimum atomic E-state index is 0.423. The van der Waals surface area contributed by atoms with Crippen LogP contribution in [-0.2, 0) is 0 Å². The molecule has 0 radical (unpaired) electrons. The summed E-state index contributed by atoms with van der Waals surface area (Å²) in [5, 5.41) is 3.27. The number of hydrogen-bond donors (Lipinski definition) is 1. The minimum absolute atomic E-state index is 0.423. The maximum Gasteiger partial charge on any atom is 0.119 e. The molecule has 0 aromatic heterocycles. The number of hydrogen-bond acceptors (Lipinski definition) is 3. The van der Waals surface area contributed by atoms with Crippen molar-refractivity contribution in [1.29, 1.82) is 0 Å². The van der Waals surface area contributed by atoms with Crippen LogP contribution in [-0.4, -0.2) is 44.7 Å². The Balaban J connectivity index is 1.60. The molecule has 1 N–H and O–H groups in total. The molecule has 134 valence electrons. The van der Waals surface area contributed by atoms with Gasteiger partial charge in [-0.25, -0.2) is 0 Å². The monoisotopic (exact) mass is 338 g/mol. The molecule has 0 bridgehead atoms. The summed E-state index contributed by atoms with van der Waals surface area (Å²) in [4.78, 5) is 2.48. The highest BCUT2D eigenvalue weighted by atomic mass is 16.5. The second kappa shape index (κ2) is 9.59.